The van der Waals surface area contributed by atoms with Gasteiger partial charge < -0.3 is 28.4 Å². The van der Waals surface area contributed by atoms with Gasteiger partial charge in [0.05, 0.1) is 39.6 Å². The van der Waals surface area contributed by atoms with Crippen molar-refractivity contribution in [2.24, 2.45) is 0 Å². The predicted molar refractivity (Wildman–Crippen MR) is 104 cm³/mol. The van der Waals surface area contributed by atoms with Crippen LogP contribution in [0.4, 0.5) is 0 Å². The summed E-state index contributed by atoms with van der Waals surface area (Å²) < 4.78 is 31.0. The van der Waals surface area contributed by atoms with Crippen LogP contribution < -0.4 is 0 Å². The van der Waals surface area contributed by atoms with Crippen LogP contribution >= 0.6 is 0 Å². The lowest BCUT2D eigenvalue weighted by Gasteiger charge is -2.06. The molecule has 0 heterocycles. The van der Waals surface area contributed by atoms with Gasteiger partial charge in [0.2, 0.25) is 0 Å². The molecule has 0 aromatic heterocycles. The quantitative estimate of drug-likeness (QED) is 0.173. The molecule has 28 heavy (non-hydrogen) atoms. The molecular weight excluding hydrogens is 368 g/mol. The van der Waals surface area contributed by atoms with Crippen LogP contribution in [0.25, 0.3) is 0 Å². The summed E-state index contributed by atoms with van der Waals surface area (Å²) in [4.78, 5) is 22.9. The molecule has 0 aliphatic carbocycles. The molecule has 0 saturated carbocycles. The summed E-state index contributed by atoms with van der Waals surface area (Å²) in [7, 11) is 0. The van der Waals surface area contributed by atoms with E-state index in [1.54, 1.807) is 0 Å². The number of hydrogen-bond acceptors (Lipinski definition) is 8. The van der Waals surface area contributed by atoms with E-state index in [4.69, 9.17) is 28.4 Å². The maximum absolute atomic E-state index is 11.4. The van der Waals surface area contributed by atoms with Gasteiger partial charge in [0.1, 0.15) is 13.2 Å². The maximum Gasteiger partial charge on any atom is 0.331 e. The third-order valence-electron chi connectivity index (χ3n) is 3.33. The van der Waals surface area contributed by atoms with E-state index >= 15 is 0 Å². The number of hydrogen-bond donors (Lipinski definition) is 0. The molecule has 0 spiro atoms. The molecule has 0 aromatic rings. The summed E-state index contributed by atoms with van der Waals surface area (Å²) in [5, 5.41) is 0. The summed E-state index contributed by atoms with van der Waals surface area (Å²) in [5.41, 5.74) is 0. The Kier molecular flexibility index (Phi) is 20.7. The van der Waals surface area contributed by atoms with Crippen molar-refractivity contribution in [1.82, 2.24) is 0 Å². The average molecular weight is 405 g/mol. The van der Waals surface area contributed by atoms with Crippen molar-refractivity contribution >= 4 is 11.9 Å². The molecule has 0 aliphatic rings. The van der Waals surface area contributed by atoms with Gasteiger partial charge in [-0.05, 0) is 12.8 Å². The fraction of sp³-hybridized carbons (Fsp3) is 0.800. The van der Waals surface area contributed by atoms with Gasteiger partial charge >= 0.3 is 11.9 Å². The average Bonchev–Trinajstić information content (AvgIpc) is 2.69. The van der Waals surface area contributed by atoms with Gasteiger partial charge in [-0.1, -0.05) is 26.7 Å². The van der Waals surface area contributed by atoms with Crippen molar-refractivity contribution in [3.8, 4) is 0 Å². The zero-order valence-electron chi connectivity index (χ0n) is 17.3. The van der Waals surface area contributed by atoms with E-state index in [0.717, 1.165) is 51.0 Å². The highest BCUT2D eigenvalue weighted by atomic mass is 16.6. The number of rotatable bonds is 20. The van der Waals surface area contributed by atoms with Crippen LogP contribution in [-0.4, -0.2) is 78.0 Å². The minimum Gasteiger partial charge on any atom is -0.460 e. The van der Waals surface area contributed by atoms with Gasteiger partial charge in [0.15, 0.2) is 0 Å². The Morgan fingerprint density at radius 1 is 0.536 bits per heavy atom. The number of ether oxygens (including phenoxy) is 6. The molecule has 0 aromatic carbocycles. The van der Waals surface area contributed by atoms with E-state index in [1.165, 1.54) is 0 Å². The topological polar surface area (TPSA) is 89.5 Å². The summed E-state index contributed by atoms with van der Waals surface area (Å²) in [6, 6.07) is 0. The molecular formula is C20H36O8. The Morgan fingerprint density at radius 2 is 0.857 bits per heavy atom. The van der Waals surface area contributed by atoms with Gasteiger partial charge in [0, 0.05) is 25.4 Å². The van der Waals surface area contributed by atoms with E-state index in [-0.39, 0.29) is 26.4 Å². The first-order chi connectivity index (χ1) is 13.7. The highest BCUT2D eigenvalue weighted by Crippen LogP contribution is 1.90. The normalized spacial score (nSPS) is 11.1. The summed E-state index contributed by atoms with van der Waals surface area (Å²) in [5.74, 6) is -1.25. The molecule has 0 unspecified atom stereocenters. The molecule has 0 saturated heterocycles. The summed E-state index contributed by atoms with van der Waals surface area (Å²) >= 11 is 0. The summed E-state index contributed by atoms with van der Waals surface area (Å²) in [6.07, 6.45) is 6.32. The van der Waals surface area contributed by atoms with E-state index < -0.39 is 11.9 Å². The molecule has 0 radical (unpaired) electrons. The largest absolute Gasteiger partial charge is 0.460 e. The number of carbonyl (C=O) groups is 2. The monoisotopic (exact) mass is 404 g/mol. The Balaban J connectivity index is 3.43. The van der Waals surface area contributed by atoms with E-state index in [0.29, 0.717) is 26.4 Å². The standard InChI is InChI=1S/C20H36O8/c1-3-5-9-23-11-13-25-15-17-27-19(21)7-8-20(22)28-18-16-26-14-12-24-10-6-4-2/h7-8H,3-6,9-18H2,1-2H3. The summed E-state index contributed by atoms with van der Waals surface area (Å²) in [6.45, 7) is 8.40. The maximum atomic E-state index is 11.4. The number of carbonyl (C=O) groups excluding carboxylic acids is 2. The third-order valence-corrected chi connectivity index (χ3v) is 3.33. The van der Waals surface area contributed by atoms with Crippen LogP contribution in [-0.2, 0) is 38.0 Å². The highest BCUT2D eigenvalue weighted by Gasteiger charge is 2.01. The first-order valence-corrected chi connectivity index (χ1v) is 10.0. The lowest BCUT2D eigenvalue weighted by Crippen LogP contribution is -2.13. The van der Waals surface area contributed by atoms with Crippen molar-refractivity contribution in [3.05, 3.63) is 12.2 Å². The predicted octanol–water partition coefficient (Wildman–Crippen LogP) is 2.30. The van der Waals surface area contributed by atoms with Gasteiger partial charge in [-0.15, -0.1) is 0 Å². The second kappa shape index (κ2) is 21.8. The van der Waals surface area contributed by atoms with Crippen LogP contribution in [0.2, 0.25) is 0 Å². The van der Waals surface area contributed by atoms with Gasteiger partial charge in [-0.3, -0.25) is 0 Å². The molecule has 0 amide bonds. The fourth-order valence-corrected chi connectivity index (χ4v) is 1.77. The van der Waals surface area contributed by atoms with Gasteiger partial charge in [-0.25, -0.2) is 9.59 Å². The smallest absolute Gasteiger partial charge is 0.331 e. The molecule has 0 aliphatic heterocycles. The van der Waals surface area contributed by atoms with Crippen molar-refractivity contribution in [1.29, 1.82) is 0 Å². The Labute approximate surface area is 168 Å². The van der Waals surface area contributed by atoms with E-state index in [1.807, 2.05) is 0 Å². The minimum absolute atomic E-state index is 0.112. The molecule has 164 valence electrons. The van der Waals surface area contributed by atoms with Crippen molar-refractivity contribution in [2.45, 2.75) is 39.5 Å². The fourth-order valence-electron chi connectivity index (χ4n) is 1.77. The lowest BCUT2D eigenvalue weighted by atomic mass is 10.4. The lowest BCUT2D eigenvalue weighted by molar-refractivity contribution is -0.142. The molecule has 8 heteroatoms. The first-order valence-electron chi connectivity index (χ1n) is 10.0. The van der Waals surface area contributed by atoms with Crippen LogP contribution in [0.1, 0.15) is 39.5 Å². The second-order valence-corrected chi connectivity index (χ2v) is 5.82. The zero-order valence-corrected chi connectivity index (χ0v) is 17.3. The number of esters is 2. The van der Waals surface area contributed by atoms with Crippen LogP contribution in [0.5, 0.6) is 0 Å². The molecule has 0 atom stereocenters. The molecule has 0 N–H and O–H groups in total. The molecule has 0 rings (SSSR count). The Morgan fingerprint density at radius 3 is 1.21 bits per heavy atom. The van der Waals surface area contributed by atoms with Gasteiger partial charge in [0.25, 0.3) is 0 Å². The zero-order chi connectivity index (χ0) is 20.7. The van der Waals surface area contributed by atoms with Crippen molar-refractivity contribution in [2.75, 3.05) is 66.1 Å². The van der Waals surface area contributed by atoms with Crippen LogP contribution in [0.15, 0.2) is 12.2 Å². The van der Waals surface area contributed by atoms with Crippen molar-refractivity contribution in [3.63, 3.8) is 0 Å². The number of unbranched alkanes of at least 4 members (excludes halogenated alkanes) is 2. The SMILES string of the molecule is CCCCOCCOCCOC(=O)C=CC(=O)OCCOCCOCCCC. The molecule has 0 fully saturated rings. The van der Waals surface area contributed by atoms with E-state index in [2.05, 4.69) is 13.8 Å². The Hall–Kier alpha value is -1.48. The van der Waals surface area contributed by atoms with Crippen LogP contribution in [0, 0.1) is 0 Å². The third kappa shape index (κ3) is 20.8. The van der Waals surface area contributed by atoms with Crippen LogP contribution in [0.3, 0.4) is 0 Å². The highest BCUT2D eigenvalue weighted by molar-refractivity contribution is 5.91. The van der Waals surface area contributed by atoms with Gasteiger partial charge in [-0.2, -0.15) is 0 Å². The van der Waals surface area contributed by atoms with E-state index in [9.17, 15) is 9.59 Å². The molecule has 0 bridgehead atoms. The first kappa shape index (κ1) is 26.5. The minimum atomic E-state index is -0.625. The second-order valence-electron chi connectivity index (χ2n) is 5.82. The van der Waals surface area contributed by atoms with Crippen molar-refractivity contribution < 1.29 is 38.0 Å². The Bertz CT molecular complexity index is 362. The molecule has 8 nitrogen and oxygen atoms in total.